The molecule has 0 atom stereocenters. The van der Waals surface area contributed by atoms with Gasteiger partial charge in [-0.15, -0.1) is 5.10 Å². The van der Waals surface area contributed by atoms with Crippen LogP contribution in [-0.4, -0.2) is 15.2 Å². The fourth-order valence-corrected chi connectivity index (χ4v) is 2.61. The van der Waals surface area contributed by atoms with Crippen LogP contribution in [-0.2, 0) is 0 Å². The maximum atomic E-state index is 11.9. The van der Waals surface area contributed by atoms with Crippen LogP contribution in [0.4, 0.5) is 0 Å². The molecule has 0 spiro atoms. The SMILES string of the molecule is Cc1cc(=O)c2nncc(-c3ccc(Cl)cc3Cl)c2[nH]1. The Morgan fingerprint density at radius 1 is 1.15 bits per heavy atom. The number of aryl methyl sites for hydroxylation is 1. The topological polar surface area (TPSA) is 58.6 Å². The molecular formula is C14H9Cl2N3O. The molecule has 0 aliphatic rings. The van der Waals surface area contributed by atoms with Gasteiger partial charge in [0.15, 0.2) is 5.52 Å². The predicted molar refractivity (Wildman–Crippen MR) is 80.4 cm³/mol. The van der Waals surface area contributed by atoms with Crippen molar-refractivity contribution in [1.82, 2.24) is 15.2 Å². The van der Waals surface area contributed by atoms with Crippen LogP contribution < -0.4 is 5.43 Å². The first-order chi connectivity index (χ1) is 9.56. The zero-order valence-electron chi connectivity index (χ0n) is 10.4. The van der Waals surface area contributed by atoms with Crippen LogP contribution in [0.3, 0.4) is 0 Å². The number of H-pyrrole nitrogens is 1. The van der Waals surface area contributed by atoms with Crippen molar-refractivity contribution in [2.24, 2.45) is 0 Å². The van der Waals surface area contributed by atoms with Crippen LogP contribution >= 0.6 is 23.2 Å². The van der Waals surface area contributed by atoms with Crippen molar-refractivity contribution in [2.45, 2.75) is 6.92 Å². The number of rotatable bonds is 1. The summed E-state index contributed by atoms with van der Waals surface area (Å²) in [6, 6.07) is 6.67. The molecule has 3 aromatic rings. The second-order valence-electron chi connectivity index (χ2n) is 4.42. The highest BCUT2D eigenvalue weighted by Gasteiger charge is 2.12. The maximum Gasteiger partial charge on any atom is 0.209 e. The van der Waals surface area contributed by atoms with Crippen molar-refractivity contribution in [3.05, 3.63) is 56.4 Å². The molecule has 20 heavy (non-hydrogen) atoms. The number of pyridine rings is 1. The Morgan fingerprint density at radius 3 is 2.70 bits per heavy atom. The van der Waals surface area contributed by atoms with Crippen LogP contribution in [0.1, 0.15) is 5.69 Å². The molecule has 1 aromatic carbocycles. The molecule has 0 saturated carbocycles. The summed E-state index contributed by atoms with van der Waals surface area (Å²) in [5.41, 5.74) is 2.96. The standard InChI is InChI=1S/C14H9Cl2N3O/c1-7-4-12(20)14-13(18-7)10(6-17-19-14)9-3-2-8(15)5-11(9)16/h2-6H,1H3,(H,18,20). The van der Waals surface area contributed by atoms with Crippen molar-refractivity contribution in [2.75, 3.05) is 0 Å². The van der Waals surface area contributed by atoms with Gasteiger partial charge >= 0.3 is 0 Å². The summed E-state index contributed by atoms with van der Waals surface area (Å²) in [6.45, 7) is 1.81. The molecule has 0 aliphatic heterocycles. The third-order valence-electron chi connectivity index (χ3n) is 2.98. The fraction of sp³-hybridized carbons (Fsp3) is 0.0714. The Kier molecular flexibility index (Phi) is 3.20. The number of aromatic nitrogens is 3. The molecule has 6 heteroatoms. The number of nitrogens with zero attached hydrogens (tertiary/aromatic N) is 2. The average Bonchev–Trinajstić information content (AvgIpc) is 2.38. The van der Waals surface area contributed by atoms with E-state index in [1.54, 1.807) is 24.4 Å². The first kappa shape index (κ1) is 13.1. The Bertz CT molecular complexity index is 874. The maximum absolute atomic E-state index is 11.9. The minimum absolute atomic E-state index is 0.171. The molecule has 100 valence electrons. The summed E-state index contributed by atoms with van der Waals surface area (Å²) in [5.74, 6) is 0. The number of aromatic amines is 1. The molecule has 1 N–H and O–H groups in total. The van der Waals surface area contributed by atoms with E-state index in [9.17, 15) is 4.79 Å². The average molecular weight is 306 g/mol. The molecule has 2 aromatic heterocycles. The highest BCUT2D eigenvalue weighted by molar-refractivity contribution is 6.36. The van der Waals surface area contributed by atoms with Crippen LogP contribution in [0.5, 0.6) is 0 Å². The monoisotopic (exact) mass is 305 g/mol. The van der Waals surface area contributed by atoms with Gasteiger partial charge in [-0.2, -0.15) is 5.10 Å². The highest BCUT2D eigenvalue weighted by Crippen LogP contribution is 2.32. The van der Waals surface area contributed by atoms with Crippen molar-refractivity contribution < 1.29 is 0 Å². The van der Waals surface area contributed by atoms with Gasteiger partial charge < -0.3 is 4.98 Å². The van der Waals surface area contributed by atoms with Crippen LogP contribution in [0.15, 0.2) is 35.3 Å². The molecule has 0 amide bonds. The van der Waals surface area contributed by atoms with Gasteiger partial charge in [-0.05, 0) is 19.1 Å². The van der Waals surface area contributed by atoms with Gasteiger partial charge in [-0.25, -0.2) is 0 Å². The van der Waals surface area contributed by atoms with Crippen molar-refractivity contribution in [3.8, 4) is 11.1 Å². The summed E-state index contributed by atoms with van der Waals surface area (Å²) in [6.07, 6.45) is 1.58. The lowest BCUT2D eigenvalue weighted by Gasteiger charge is -2.08. The minimum Gasteiger partial charge on any atom is -0.357 e. The third-order valence-corrected chi connectivity index (χ3v) is 3.52. The summed E-state index contributed by atoms with van der Waals surface area (Å²) in [7, 11) is 0. The Morgan fingerprint density at radius 2 is 1.95 bits per heavy atom. The number of benzene rings is 1. The van der Waals surface area contributed by atoms with Gasteiger partial charge in [-0.1, -0.05) is 29.3 Å². The summed E-state index contributed by atoms with van der Waals surface area (Å²) in [5, 5.41) is 8.82. The smallest absolute Gasteiger partial charge is 0.209 e. The second kappa shape index (κ2) is 4.89. The van der Waals surface area contributed by atoms with E-state index in [-0.39, 0.29) is 5.43 Å². The molecule has 0 aliphatic carbocycles. The number of fused-ring (bicyclic) bond motifs is 1. The molecule has 0 fully saturated rings. The van der Waals surface area contributed by atoms with Crippen molar-refractivity contribution in [1.29, 1.82) is 0 Å². The van der Waals surface area contributed by atoms with Crippen LogP contribution in [0.25, 0.3) is 22.2 Å². The van der Waals surface area contributed by atoms with Gasteiger partial charge in [0.1, 0.15) is 0 Å². The van der Waals surface area contributed by atoms with E-state index in [1.807, 2.05) is 6.92 Å². The Balaban J connectivity index is 2.39. The molecule has 2 heterocycles. The molecule has 0 radical (unpaired) electrons. The van der Waals surface area contributed by atoms with E-state index < -0.39 is 0 Å². The lowest BCUT2D eigenvalue weighted by molar-refractivity contribution is 1.06. The molecular weight excluding hydrogens is 297 g/mol. The predicted octanol–water partition coefficient (Wildman–Crippen LogP) is 3.60. The summed E-state index contributed by atoms with van der Waals surface area (Å²) in [4.78, 5) is 15.1. The van der Waals surface area contributed by atoms with Crippen LogP contribution in [0, 0.1) is 6.92 Å². The van der Waals surface area contributed by atoms with Gasteiger partial charge in [0.2, 0.25) is 5.43 Å². The first-order valence-corrected chi connectivity index (χ1v) is 6.62. The largest absolute Gasteiger partial charge is 0.357 e. The molecule has 0 saturated heterocycles. The lowest BCUT2D eigenvalue weighted by atomic mass is 10.1. The van der Waals surface area contributed by atoms with Gasteiger partial charge in [-0.3, -0.25) is 4.79 Å². The first-order valence-electron chi connectivity index (χ1n) is 5.87. The van der Waals surface area contributed by atoms with E-state index >= 15 is 0 Å². The number of halogens is 2. The molecule has 4 nitrogen and oxygen atoms in total. The third kappa shape index (κ3) is 2.17. The normalized spacial score (nSPS) is 10.9. The zero-order chi connectivity index (χ0) is 14.3. The number of nitrogens with one attached hydrogen (secondary N) is 1. The van der Waals surface area contributed by atoms with E-state index in [4.69, 9.17) is 23.2 Å². The van der Waals surface area contributed by atoms with Gasteiger partial charge in [0.25, 0.3) is 0 Å². The van der Waals surface area contributed by atoms with E-state index in [0.29, 0.717) is 21.1 Å². The lowest BCUT2D eigenvalue weighted by Crippen LogP contribution is -2.07. The minimum atomic E-state index is -0.171. The van der Waals surface area contributed by atoms with E-state index in [0.717, 1.165) is 16.8 Å². The highest BCUT2D eigenvalue weighted by atomic mass is 35.5. The summed E-state index contributed by atoms with van der Waals surface area (Å²) >= 11 is 12.1. The molecule has 0 bridgehead atoms. The molecule has 3 rings (SSSR count). The fourth-order valence-electron chi connectivity index (χ4n) is 2.10. The molecule has 0 unspecified atom stereocenters. The second-order valence-corrected chi connectivity index (χ2v) is 5.27. The van der Waals surface area contributed by atoms with E-state index in [1.165, 1.54) is 6.07 Å². The van der Waals surface area contributed by atoms with Gasteiger partial charge in [0.05, 0.1) is 16.7 Å². The van der Waals surface area contributed by atoms with Crippen LogP contribution in [0.2, 0.25) is 10.0 Å². The quantitative estimate of drug-likeness (QED) is 0.747. The van der Waals surface area contributed by atoms with Gasteiger partial charge in [0, 0.05) is 27.9 Å². The summed E-state index contributed by atoms with van der Waals surface area (Å²) < 4.78 is 0. The zero-order valence-corrected chi connectivity index (χ0v) is 12.0. The number of hydrogen-bond acceptors (Lipinski definition) is 3. The van der Waals surface area contributed by atoms with Crippen molar-refractivity contribution >= 4 is 34.2 Å². The Labute approximate surface area is 124 Å². The van der Waals surface area contributed by atoms with E-state index in [2.05, 4.69) is 15.2 Å². The Hall–Kier alpha value is -1.91. The number of hydrogen-bond donors (Lipinski definition) is 1. The van der Waals surface area contributed by atoms with Crippen molar-refractivity contribution in [3.63, 3.8) is 0 Å².